The second-order valence-electron chi connectivity index (χ2n) is 7.04. The second kappa shape index (κ2) is 5.79. The molecule has 1 saturated heterocycles. The second-order valence-corrected chi connectivity index (χ2v) is 7.04. The molecular formula is C16H23N5O2. The number of hydrogen-bond acceptors (Lipinski definition) is 5. The summed E-state index contributed by atoms with van der Waals surface area (Å²) in [6.45, 7) is 8.78. The van der Waals surface area contributed by atoms with E-state index in [0.717, 1.165) is 25.0 Å². The van der Waals surface area contributed by atoms with E-state index in [1.807, 2.05) is 22.7 Å². The van der Waals surface area contributed by atoms with Gasteiger partial charge in [-0.25, -0.2) is 0 Å². The molecule has 1 aliphatic heterocycles. The Bertz CT molecular complexity index is 684. The zero-order valence-electron chi connectivity index (χ0n) is 14.1. The van der Waals surface area contributed by atoms with Gasteiger partial charge >= 0.3 is 0 Å². The number of nitrogens with zero attached hydrogens (tertiary/aromatic N) is 5. The van der Waals surface area contributed by atoms with Crippen LogP contribution in [0.25, 0.3) is 0 Å². The van der Waals surface area contributed by atoms with Gasteiger partial charge in [-0.1, -0.05) is 5.16 Å². The predicted octanol–water partition coefficient (Wildman–Crippen LogP) is 2.70. The molecule has 2 aromatic rings. The number of carbonyl (C=O) groups is 1. The topological polar surface area (TPSA) is 77.0 Å². The number of carbonyl (C=O) groups excluding carboxylic acids is 1. The summed E-state index contributed by atoms with van der Waals surface area (Å²) in [4.78, 5) is 19.0. The summed E-state index contributed by atoms with van der Waals surface area (Å²) >= 11 is 0. The van der Waals surface area contributed by atoms with Crippen LogP contribution in [-0.4, -0.2) is 37.3 Å². The Morgan fingerprint density at radius 1 is 1.35 bits per heavy atom. The van der Waals surface area contributed by atoms with Crippen LogP contribution in [0.15, 0.2) is 17.1 Å². The predicted molar refractivity (Wildman–Crippen MR) is 83.9 cm³/mol. The van der Waals surface area contributed by atoms with Crippen molar-refractivity contribution in [1.29, 1.82) is 0 Å². The van der Waals surface area contributed by atoms with Crippen molar-refractivity contribution in [3.63, 3.8) is 0 Å². The van der Waals surface area contributed by atoms with Crippen LogP contribution < -0.4 is 0 Å². The molecule has 7 heteroatoms. The number of piperidine rings is 1. The van der Waals surface area contributed by atoms with Crippen LogP contribution in [0.2, 0.25) is 0 Å². The lowest BCUT2D eigenvalue weighted by atomic mass is 10.0. The maximum Gasteiger partial charge on any atom is 0.257 e. The highest BCUT2D eigenvalue weighted by Gasteiger charge is 2.33. The van der Waals surface area contributed by atoms with Crippen molar-refractivity contribution in [3.05, 3.63) is 29.7 Å². The first-order valence-electron chi connectivity index (χ1n) is 8.02. The van der Waals surface area contributed by atoms with E-state index in [2.05, 4.69) is 36.0 Å². The maximum atomic E-state index is 13.1. The first-order valence-corrected chi connectivity index (χ1v) is 8.02. The number of likely N-dealkylation sites (tertiary alicyclic amines) is 1. The monoisotopic (exact) mass is 317 g/mol. The molecule has 1 atom stereocenters. The largest absolute Gasteiger partial charge is 0.343 e. The quantitative estimate of drug-likeness (QED) is 0.851. The summed E-state index contributed by atoms with van der Waals surface area (Å²) in [5, 5.41) is 8.44. The fourth-order valence-electron chi connectivity index (χ4n) is 2.94. The van der Waals surface area contributed by atoms with E-state index in [4.69, 9.17) is 4.52 Å². The number of aromatic nitrogens is 4. The van der Waals surface area contributed by atoms with Gasteiger partial charge in [0.15, 0.2) is 5.82 Å². The lowest BCUT2D eigenvalue weighted by molar-refractivity contribution is 0.0596. The Hall–Kier alpha value is -2.18. The minimum atomic E-state index is -0.155. The van der Waals surface area contributed by atoms with Crippen LogP contribution >= 0.6 is 0 Å². The number of aryl methyl sites for hydroxylation is 1. The Balaban J connectivity index is 1.91. The SMILES string of the molecule is Cc1nn(C(C)(C)C)cc1C(=O)N1CCCCC1c1ncon1. The molecule has 0 spiro atoms. The average molecular weight is 317 g/mol. The zero-order valence-corrected chi connectivity index (χ0v) is 14.1. The van der Waals surface area contributed by atoms with Gasteiger partial charge in [-0.15, -0.1) is 0 Å². The molecule has 7 nitrogen and oxygen atoms in total. The van der Waals surface area contributed by atoms with Crippen LogP contribution in [0.1, 0.15) is 68.0 Å². The molecule has 0 bridgehead atoms. The summed E-state index contributed by atoms with van der Waals surface area (Å²) in [6, 6.07) is -0.118. The minimum Gasteiger partial charge on any atom is -0.343 e. The lowest BCUT2D eigenvalue weighted by Gasteiger charge is -2.33. The van der Waals surface area contributed by atoms with Crippen LogP contribution in [0, 0.1) is 6.92 Å². The van der Waals surface area contributed by atoms with E-state index in [1.54, 1.807) is 0 Å². The van der Waals surface area contributed by atoms with Gasteiger partial charge < -0.3 is 9.42 Å². The van der Waals surface area contributed by atoms with Gasteiger partial charge in [0.1, 0.15) is 0 Å². The summed E-state index contributed by atoms with van der Waals surface area (Å²) in [6.07, 6.45) is 6.07. The summed E-state index contributed by atoms with van der Waals surface area (Å²) in [5.74, 6) is 0.575. The third-order valence-electron chi connectivity index (χ3n) is 4.26. The molecule has 0 saturated carbocycles. The average Bonchev–Trinajstić information content (AvgIpc) is 3.15. The third kappa shape index (κ3) is 3.00. The van der Waals surface area contributed by atoms with Gasteiger partial charge in [-0.2, -0.15) is 10.1 Å². The van der Waals surface area contributed by atoms with Gasteiger partial charge in [-0.3, -0.25) is 9.48 Å². The van der Waals surface area contributed by atoms with Crippen molar-refractivity contribution in [2.75, 3.05) is 6.54 Å². The fourth-order valence-corrected chi connectivity index (χ4v) is 2.94. The Labute approximate surface area is 135 Å². The molecule has 0 radical (unpaired) electrons. The Morgan fingerprint density at radius 2 is 2.13 bits per heavy atom. The van der Waals surface area contributed by atoms with Gasteiger partial charge in [0.2, 0.25) is 6.39 Å². The van der Waals surface area contributed by atoms with Crippen molar-refractivity contribution in [2.24, 2.45) is 0 Å². The normalized spacial score (nSPS) is 19.1. The van der Waals surface area contributed by atoms with Crippen LogP contribution in [0.4, 0.5) is 0 Å². The molecule has 124 valence electrons. The molecule has 23 heavy (non-hydrogen) atoms. The molecule has 3 heterocycles. The highest BCUT2D eigenvalue weighted by atomic mass is 16.5. The fraction of sp³-hybridized carbons (Fsp3) is 0.625. The summed E-state index contributed by atoms with van der Waals surface area (Å²) in [5.41, 5.74) is 1.25. The summed E-state index contributed by atoms with van der Waals surface area (Å²) in [7, 11) is 0. The molecule has 2 aromatic heterocycles. The van der Waals surface area contributed by atoms with E-state index in [9.17, 15) is 4.79 Å². The number of rotatable bonds is 2. The van der Waals surface area contributed by atoms with Crippen molar-refractivity contribution >= 4 is 5.91 Å². The van der Waals surface area contributed by atoms with Crippen molar-refractivity contribution < 1.29 is 9.32 Å². The highest BCUT2D eigenvalue weighted by Crippen LogP contribution is 2.31. The zero-order chi connectivity index (χ0) is 16.6. The molecule has 1 fully saturated rings. The van der Waals surface area contributed by atoms with Gasteiger partial charge in [0, 0.05) is 12.7 Å². The van der Waals surface area contributed by atoms with Gasteiger partial charge in [0.25, 0.3) is 5.91 Å². The van der Waals surface area contributed by atoms with E-state index < -0.39 is 0 Å². The van der Waals surface area contributed by atoms with E-state index in [-0.39, 0.29) is 17.5 Å². The smallest absolute Gasteiger partial charge is 0.257 e. The van der Waals surface area contributed by atoms with E-state index >= 15 is 0 Å². The molecule has 1 amide bonds. The van der Waals surface area contributed by atoms with E-state index in [1.165, 1.54) is 6.39 Å². The molecule has 1 aliphatic rings. The molecule has 0 aliphatic carbocycles. The number of amides is 1. The molecular weight excluding hydrogens is 294 g/mol. The maximum absolute atomic E-state index is 13.1. The van der Waals surface area contributed by atoms with Crippen molar-refractivity contribution in [1.82, 2.24) is 24.8 Å². The summed E-state index contributed by atoms with van der Waals surface area (Å²) < 4.78 is 6.71. The first kappa shape index (κ1) is 15.7. The standard InChI is InChI=1S/C16H23N5O2/c1-11-12(9-21(18-11)16(2,3)4)15(22)20-8-6-5-7-13(20)14-17-10-23-19-14/h9-10,13H,5-8H2,1-4H3. The highest BCUT2D eigenvalue weighted by molar-refractivity contribution is 5.95. The van der Waals surface area contributed by atoms with Crippen LogP contribution in [0.5, 0.6) is 0 Å². The lowest BCUT2D eigenvalue weighted by Crippen LogP contribution is -2.39. The van der Waals surface area contributed by atoms with E-state index in [0.29, 0.717) is 17.9 Å². The molecule has 0 N–H and O–H groups in total. The van der Waals surface area contributed by atoms with Crippen molar-refractivity contribution in [2.45, 2.75) is 58.5 Å². The third-order valence-corrected chi connectivity index (χ3v) is 4.26. The molecule has 0 aromatic carbocycles. The first-order chi connectivity index (χ1) is 10.9. The van der Waals surface area contributed by atoms with Gasteiger partial charge in [-0.05, 0) is 47.0 Å². The van der Waals surface area contributed by atoms with Crippen molar-refractivity contribution in [3.8, 4) is 0 Å². The Morgan fingerprint density at radius 3 is 2.74 bits per heavy atom. The van der Waals surface area contributed by atoms with Crippen LogP contribution in [-0.2, 0) is 5.54 Å². The van der Waals surface area contributed by atoms with Crippen LogP contribution in [0.3, 0.4) is 0 Å². The minimum absolute atomic E-state index is 0.00694. The molecule has 1 unspecified atom stereocenters. The Kier molecular flexibility index (Phi) is 3.95. The molecule has 3 rings (SSSR count). The van der Waals surface area contributed by atoms with Gasteiger partial charge in [0.05, 0.1) is 22.8 Å². The number of hydrogen-bond donors (Lipinski definition) is 0.